The lowest BCUT2D eigenvalue weighted by Gasteiger charge is -2.21. The van der Waals surface area contributed by atoms with Crippen molar-refractivity contribution in [1.82, 2.24) is 0 Å². The number of ether oxygens (including phenoxy) is 3. The van der Waals surface area contributed by atoms with Crippen molar-refractivity contribution in [2.45, 2.75) is 24.4 Å². The second-order valence-electron chi connectivity index (χ2n) is 3.04. The van der Waals surface area contributed by atoms with Crippen molar-refractivity contribution in [3.05, 3.63) is 0 Å². The van der Waals surface area contributed by atoms with E-state index in [1.807, 2.05) is 0 Å². The van der Waals surface area contributed by atoms with E-state index in [0.29, 0.717) is 0 Å². The summed E-state index contributed by atoms with van der Waals surface area (Å²) in [6.07, 6.45) is -3.99. The fourth-order valence-corrected chi connectivity index (χ4v) is 1.37. The van der Waals surface area contributed by atoms with Gasteiger partial charge in [0.2, 0.25) is 0 Å². The number of methoxy groups -OCH3 is 2. The molecule has 1 rings (SSSR count). The summed E-state index contributed by atoms with van der Waals surface area (Å²) in [7, 11) is 2.52. The standard InChI is InChI=1S/C8H14O6/c1-12-7(8(11)13-2)6-5(10)4(9)3-14-6/h4-7,9-10H,3H2,1-2H3/t4-,5+,6-,7-/m1/s1. The van der Waals surface area contributed by atoms with Crippen LogP contribution < -0.4 is 0 Å². The van der Waals surface area contributed by atoms with Crippen LogP contribution >= 0.6 is 0 Å². The minimum atomic E-state index is -1.13. The average Bonchev–Trinajstić information content (AvgIpc) is 2.50. The lowest BCUT2D eigenvalue weighted by molar-refractivity contribution is -0.164. The van der Waals surface area contributed by atoms with Crippen LogP contribution in [0.3, 0.4) is 0 Å². The number of carbonyl (C=O) groups is 1. The maximum absolute atomic E-state index is 11.2. The van der Waals surface area contributed by atoms with Crippen LogP contribution in [0.4, 0.5) is 0 Å². The molecule has 0 radical (unpaired) electrons. The fraction of sp³-hybridized carbons (Fsp3) is 0.875. The van der Waals surface area contributed by atoms with Crippen molar-refractivity contribution in [1.29, 1.82) is 0 Å². The summed E-state index contributed by atoms with van der Waals surface area (Å²) in [6.45, 7) is -0.0112. The molecule has 0 spiro atoms. The molecule has 0 aromatic carbocycles. The lowest BCUT2D eigenvalue weighted by Crippen LogP contribution is -2.44. The summed E-state index contributed by atoms with van der Waals surface area (Å²) < 4.78 is 14.3. The van der Waals surface area contributed by atoms with Gasteiger partial charge in [-0.25, -0.2) is 4.79 Å². The van der Waals surface area contributed by atoms with Gasteiger partial charge in [-0.05, 0) is 0 Å². The second kappa shape index (κ2) is 4.70. The van der Waals surface area contributed by atoms with Gasteiger partial charge in [-0.2, -0.15) is 0 Å². The molecule has 6 heteroatoms. The number of aliphatic hydroxyl groups is 2. The smallest absolute Gasteiger partial charge is 0.337 e. The number of esters is 1. The van der Waals surface area contributed by atoms with Crippen molar-refractivity contribution in [2.75, 3.05) is 20.8 Å². The number of aliphatic hydroxyl groups excluding tert-OH is 2. The zero-order valence-electron chi connectivity index (χ0n) is 8.04. The Morgan fingerprint density at radius 3 is 2.50 bits per heavy atom. The lowest BCUT2D eigenvalue weighted by atomic mass is 10.1. The number of rotatable bonds is 3. The van der Waals surface area contributed by atoms with Gasteiger partial charge in [0.25, 0.3) is 0 Å². The number of hydrogen-bond acceptors (Lipinski definition) is 6. The normalized spacial score (nSPS) is 34.1. The monoisotopic (exact) mass is 206 g/mol. The molecule has 2 N–H and O–H groups in total. The summed E-state index contributed by atoms with van der Waals surface area (Å²) in [4.78, 5) is 11.2. The van der Waals surface area contributed by atoms with Gasteiger partial charge >= 0.3 is 5.97 Å². The van der Waals surface area contributed by atoms with Crippen molar-refractivity contribution in [2.24, 2.45) is 0 Å². The van der Waals surface area contributed by atoms with E-state index in [0.717, 1.165) is 0 Å². The van der Waals surface area contributed by atoms with E-state index in [-0.39, 0.29) is 6.61 Å². The maximum Gasteiger partial charge on any atom is 0.337 e. The first-order chi connectivity index (χ1) is 6.61. The predicted molar refractivity (Wildman–Crippen MR) is 44.6 cm³/mol. The molecular weight excluding hydrogens is 192 g/mol. The topological polar surface area (TPSA) is 85.2 Å². The molecule has 1 aliphatic rings. The van der Waals surface area contributed by atoms with Gasteiger partial charge < -0.3 is 24.4 Å². The van der Waals surface area contributed by atoms with E-state index in [4.69, 9.17) is 9.47 Å². The Hall–Kier alpha value is -0.690. The molecule has 14 heavy (non-hydrogen) atoms. The van der Waals surface area contributed by atoms with Crippen LogP contribution in [0.15, 0.2) is 0 Å². The fourth-order valence-electron chi connectivity index (χ4n) is 1.37. The maximum atomic E-state index is 11.2. The summed E-state index contributed by atoms with van der Waals surface area (Å²) in [5, 5.41) is 18.6. The molecule has 1 aliphatic heterocycles. The Kier molecular flexibility index (Phi) is 3.82. The first kappa shape index (κ1) is 11.4. The molecule has 82 valence electrons. The Bertz CT molecular complexity index is 206. The van der Waals surface area contributed by atoms with Gasteiger partial charge in [-0.15, -0.1) is 0 Å². The Balaban J connectivity index is 2.66. The highest BCUT2D eigenvalue weighted by Crippen LogP contribution is 2.19. The molecule has 1 heterocycles. The third-order valence-electron chi connectivity index (χ3n) is 2.18. The first-order valence-corrected chi connectivity index (χ1v) is 4.20. The number of hydrogen-bond donors (Lipinski definition) is 2. The van der Waals surface area contributed by atoms with Crippen LogP contribution in [0.1, 0.15) is 0 Å². The average molecular weight is 206 g/mol. The van der Waals surface area contributed by atoms with E-state index in [1.165, 1.54) is 14.2 Å². The second-order valence-corrected chi connectivity index (χ2v) is 3.04. The zero-order chi connectivity index (χ0) is 10.7. The van der Waals surface area contributed by atoms with Crippen molar-refractivity contribution < 1.29 is 29.2 Å². The summed E-state index contributed by atoms with van der Waals surface area (Å²) in [5.41, 5.74) is 0. The minimum absolute atomic E-state index is 0.0112. The summed E-state index contributed by atoms with van der Waals surface area (Å²) in [6, 6.07) is 0. The Labute approximate surface area is 81.4 Å². The third kappa shape index (κ3) is 2.03. The van der Waals surface area contributed by atoms with Crippen molar-refractivity contribution >= 4 is 5.97 Å². The van der Waals surface area contributed by atoms with E-state index >= 15 is 0 Å². The molecule has 1 fully saturated rings. The molecule has 0 unspecified atom stereocenters. The van der Waals surface area contributed by atoms with Crippen LogP contribution in [-0.4, -0.2) is 61.4 Å². The molecule has 1 saturated heterocycles. The quantitative estimate of drug-likeness (QED) is 0.535. The van der Waals surface area contributed by atoms with Gasteiger partial charge in [0, 0.05) is 7.11 Å². The van der Waals surface area contributed by atoms with Crippen LogP contribution in [0.2, 0.25) is 0 Å². The van der Waals surface area contributed by atoms with Gasteiger partial charge in [0.15, 0.2) is 6.10 Å². The predicted octanol–water partition coefficient (Wildman–Crippen LogP) is -1.70. The first-order valence-electron chi connectivity index (χ1n) is 4.20. The highest BCUT2D eigenvalue weighted by molar-refractivity contribution is 5.75. The van der Waals surface area contributed by atoms with Crippen molar-refractivity contribution in [3.8, 4) is 0 Å². The van der Waals surface area contributed by atoms with E-state index in [1.54, 1.807) is 0 Å². The van der Waals surface area contributed by atoms with Crippen LogP contribution in [-0.2, 0) is 19.0 Å². The molecule has 0 aromatic heterocycles. The molecule has 0 aliphatic carbocycles. The summed E-state index contributed by atoms with van der Waals surface area (Å²) >= 11 is 0. The van der Waals surface area contributed by atoms with E-state index in [2.05, 4.69) is 4.74 Å². The van der Waals surface area contributed by atoms with Crippen LogP contribution in [0.5, 0.6) is 0 Å². The van der Waals surface area contributed by atoms with Gasteiger partial charge in [0.05, 0.1) is 13.7 Å². The van der Waals surface area contributed by atoms with E-state index < -0.39 is 30.4 Å². The molecule has 6 nitrogen and oxygen atoms in total. The minimum Gasteiger partial charge on any atom is -0.467 e. The Morgan fingerprint density at radius 1 is 1.50 bits per heavy atom. The zero-order valence-corrected chi connectivity index (χ0v) is 8.04. The molecule has 4 atom stereocenters. The molecule has 0 saturated carbocycles. The SMILES string of the molecule is COC(=O)[C@H](OC)[C@@H]1OC[C@@H](O)[C@@H]1O. The van der Waals surface area contributed by atoms with Crippen molar-refractivity contribution in [3.63, 3.8) is 0 Å². The van der Waals surface area contributed by atoms with E-state index in [9.17, 15) is 15.0 Å². The highest BCUT2D eigenvalue weighted by Gasteiger charge is 2.43. The van der Waals surface area contributed by atoms with Crippen LogP contribution in [0, 0.1) is 0 Å². The highest BCUT2D eigenvalue weighted by atomic mass is 16.6. The Morgan fingerprint density at radius 2 is 2.14 bits per heavy atom. The molecule has 0 bridgehead atoms. The molecule has 0 amide bonds. The molecule has 0 aromatic rings. The summed E-state index contributed by atoms with van der Waals surface area (Å²) in [5.74, 6) is -0.634. The van der Waals surface area contributed by atoms with Gasteiger partial charge in [-0.3, -0.25) is 0 Å². The van der Waals surface area contributed by atoms with Crippen LogP contribution in [0.25, 0.3) is 0 Å². The largest absolute Gasteiger partial charge is 0.467 e. The molecular formula is C8H14O6. The van der Waals surface area contributed by atoms with Gasteiger partial charge in [-0.1, -0.05) is 0 Å². The third-order valence-corrected chi connectivity index (χ3v) is 2.18. The number of carbonyl (C=O) groups excluding carboxylic acids is 1. The van der Waals surface area contributed by atoms with Gasteiger partial charge in [0.1, 0.15) is 18.3 Å².